The Morgan fingerprint density at radius 3 is 2.34 bits per heavy atom. The first kappa shape index (κ1) is 27.0. The molecule has 1 saturated heterocycles. The Kier molecular flexibility index (Phi) is 8.44. The van der Waals surface area contributed by atoms with E-state index in [1.54, 1.807) is 12.1 Å². The van der Waals surface area contributed by atoms with Crippen LogP contribution in [0.25, 0.3) is 0 Å². The highest BCUT2D eigenvalue weighted by molar-refractivity contribution is 5.76. The van der Waals surface area contributed by atoms with Crippen LogP contribution in [0.1, 0.15) is 46.6 Å². The predicted molar refractivity (Wildman–Crippen MR) is 133 cm³/mol. The quantitative estimate of drug-likeness (QED) is 0.379. The fourth-order valence-corrected chi connectivity index (χ4v) is 4.76. The van der Waals surface area contributed by atoms with Gasteiger partial charge in [-0.1, -0.05) is 18.2 Å². The Morgan fingerprint density at radius 2 is 1.74 bits per heavy atom. The summed E-state index contributed by atoms with van der Waals surface area (Å²) < 4.78 is 30.1. The number of hydrogen-bond donors (Lipinski definition) is 2. The second-order valence-electron chi connectivity index (χ2n) is 10.9. The number of ether oxygens (including phenoxy) is 3. The van der Waals surface area contributed by atoms with Crippen molar-refractivity contribution in [1.29, 1.82) is 0 Å². The van der Waals surface area contributed by atoms with E-state index in [0.29, 0.717) is 44.1 Å². The molecule has 2 aromatic carbocycles. The second-order valence-corrected chi connectivity index (χ2v) is 10.9. The zero-order chi connectivity index (χ0) is 25.7. The molecule has 35 heavy (non-hydrogen) atoms. The van der Waals surface area contributed by atoms with Crippen molar-refractivity contribution >= 4 is 5.97 Å². The smallest absolute Gasteiger partial charge is 0.312 e. The van der Waals surface area contributed by atoms with Crippen LogP contribution < -0.4 is 14.8 Å². The summed E-state index contributed by atoms with van der Waals surface area (Å²) in [6, 6.07) is 13.8. The molecule has 0 spiro atoms. The predicted octanol–water partition coefficient (Wildman–Crippen LogP) is 4.53. The summed E-state index contributed by atoms with van der Waals surface area (Å²) in [6.07, 6.45) is 1.35. The van der Waals surface area contributed by atoms with E-state index >= 15 is 0 Å². The maximum atomic E-state index is 13.2. The van der Waals surface area contributed by atoms with Crippen LogP contribution in [0.4, 0.5) is 4.39 Å². The lowest BCUT2D eigenvalue weighted by Gasteiger charge is -2.38. The second kappa shape index (κ2) is 11.0. The van der Waals surface area contributed by atoms with E-state index in [4.69, 9.17) is 14.2 Å². The number of rotatable bonds is 10. The molecule has 2 aromatic rings. The van der Waals surface area contributed by atoms with Crippen LogP contribution in [0.2, 0.25) is 0 Å². The summed E-state index contributed by atoms with van der Waals surface area (Å²) in [4.78, 5) is 13.1. The van der Waals surface area contributed by atoms with Gasteiger partial charge in [-0.15, -0.1) is 0 Å². The normalized spacial score (nSPS) is 21.5. The topological polar surface area (TPSA) is 77.0 Å². The van der Waals surface area contributed by atoms with Gasteiger partial charge < -0.3 is 24.6 Å². The summed E-state index contributed by atoms with van der Waals surface area (Å²) >= 11 is 0. The molecule has 1 aliphatic rings. The maximum Gasteiger partial charge on any atom is 0.312 e. The van der Waals surface area contributed by atoms with Crippen LogP contribution in [0.3, 0.4) is 0 Å². The number of aliphatic hydroxyl groups is 1. The zero-order valence-corrected chi connectivity index (χ0v) is 21.4. The molecule has 0 bridgehead atoms. The van der Waals surface area contributed by atoms with E-state index in [1.165, 1.54) is 12.1 Å². The van der Waals surface area contributed by atoms with Crippen LogP contribution in [0.5, 0.6) is 11.5 Å². The van der Waals surface area contributed by atoms with Crippen LogP contribution in [-0.4, -0.2) is 48.6 Å². The van der Waals surface area contributed by atoms with Gasteiger partial charge in [-0.25, -0.2) is 4.39 Å². The minimum Gasteiger partial charge on any atom is -0.490 e. The lowest BCUT2D eigenvalue weighted by atomic mass is 9.68. The zero-order valence-electron chi connectivity index (χ0n) is 21.4. The molecule has 7 heteroatoms. The van der Waals surface area contributed by atoms with Crippen LogP contribution in [-0.2, 0) is 16.0 Å². The van der Waals surface area contributed by atoms with Crippen LogP contribution in [0.15, 0.2) is 48.5 Å². The number of hydrogen-bond acceptors (Lipinski definition) is 6. The molecule has 0 amide bonds. The van der Waals surface area contributed by atoms with E-state index in [9.17, 15) is 14.3 Å². The number of aliphatic hydroxyl groups excluding tert-OH is 1. The minimum atomic E-state index is -0.602. The van der Waals surface area contributed by atoms with Crippen molar-refractivity contribution in [1.82, 2.24) is 5.32 Å². The van der Waals surface area contributed by atoms with Crippen LogP contribution >= 0.6 is 0 Å². The molecule has 2 atom stereocenters. The summed E-state index contributed by atoms with van der Waals surface area (Å²) in [5.74, 6) is 0.113. The average molecular weight is 488 g/mol. The van der Waals surface area contributed by atoms with Gasteiger partial charge in [0.05, 0.1) is 12.5 Å². The molecule has 1 aliphatic heterocycles. The van der Waals surface area contributed by atoms with Gasteiger partial charge in [0.2, 0.25) is 0 Å². The SMILES string of the molecule is CC(C)(C)OC(=O)[C@H]1C(CO)(CCc2ccc(OCCOc3cccc(F)c3)cc2)CNC1(C)C. The van der Waals surface area contributed by atoms with Crippen molar-refractivity contribution in [3.05, 3.63) is 59.9 Å². The Hall–Kier alpha value is -2.64. The third kappa shape index (κ3) is 7.18. The first-order valence-corrected chi connectivity index (χ1v) is 12.1. The number of carbonyl (C=O) groups is 1. The highest BCUT2D eigenvalue weighted by Crippen LogP contribution is 2.45. The Labute approximate surface area is 207 Å². The van der Waals surface area contributed by atoms with Crippen LogP contribution in [0, 0.1) is 17.2 Å². The van der Waals surface area contributed by atoms with Crippen molar-refractivity contribution in [2.75, 3.05) is 26.4 Å². The first-order chi connectivity index (χ1) is 16.4. The van der Waals surface area contributed by atoms with Crippen molar-refractivity contribution in [2.24, 2.45) is 11.3 Å². The molecule has 6 nitrogen and oxygen atoms in total. The lowest BCUT2D eigenvalue weighted by Crippen LogP contribution is -2.48. The van der Waals surface area contributed by atoms with Crippen molar-refractivity contribution in [3.8, 4) is 11.5 Å². The van der Waals surface area contributed by atoms with E-state index in [2.05, 4.69) is 5.32 Å². The molecule has 192 valence electrons. The molecule has 2 N–H and O–H groups in total. The molecular weight excluding hydrogens is 449 g/mol. The number of halogens is 1. The van der Waals surface area contributed by atoms with Gasteiger partial charge in [-0.05, 0) is 77.3 Å². The van der Waals surface area contributed by atoms with Gasteiger partial charge in [0.25, 0.3) is 0 Å². The highest BCUT2D eigenvalue weighted by atomic mass is 19.1. The van der Waals surface area contributed by atoms with E-state index < -0.39 is 22.5 Å². The van der Waals surface area contributed by atoms with Crippen molar-refractivity contribution < 1.29 is 28.5 Å². The molecule has 0 aliphatic carbocycles. The molecule has 1 fully saturated rings. The molecule has 3 rings (SSSR count). The molecule has 1 heterocycles. The standard InChI is InChI=1S/C28H38FNO5/c1-26(2,3)35-25(32)24-27(4,5)30-18-28(24,19-31)14-13-20-9-11-22(12-10-20)33-15-16-34-23-8-6-7-21(29)17-23/h6-12,17,24,30-31H,13-16,18-19H2,1-5H3/t24-,28?/m1/s1. The summed E-state index contributed by atoms with van der Waals surface area (Å²) in [6.45, 7) is 10.6. The largest absolute Gasteiger partial charge is 0.490 e. The van der Waals surface area contributed by atoms with Gasteiger partial charge in [0.15, 0.2) is 0 Å². The first-order valence-electron chi connectivity index (χ1n) is 12.1. The summed E-state index contributed by atoms with van der Waals surface area (Å²) in [5, 5.41) is 13.8. The van der Waals surface area contributed by atoms with Gasteiger partial charge >= 0.3 is 5.97 Å². The van der Waals surface area contributed by atoms with Gasteiger partial charge in [-0.3, -0.25) is 4.79 Å². The molecular formula is C28H38FNO5. The van der Waals surface area contributed by atoms with E-state index in [-0.39, 0.29) is 18.4 Å². The van der Waals surface area contributed by atoms with E-state index in [1.807, 2.05) is 58.9 Å². The Balaban J connectivity index is 1.56. The monoisotopic (exact) mass is 487 g/mol. The molecule has 0 radical (unpaired) electrons. The maximum absolute atomic E-state index is 13.2. The number of carbonyl (C=O) groups excluding carboxylic acids is 1. The fraction of sp³-hybridized carbons (Fsp3) is 0.536. The Bertz CT molecular complexity index is 986. The van der Waals surface area contributed by atoms with Gasteiger partial charge in [-0.2, -0.15) is 0 Å². The average Bonchev–Trinajstić information content (AvgIpc) is 3.06. The van der Waals surface area contributed by atoms with Crippen molar-refractivity contribution in [3.63, 3.8) is 0 Å². The third-order valence-electron chi connectivity index (χ3n) is 6.44. The Morgan fingerprint density at radius 1 is 1.09 bits per heavy atom. The van der Waals surface area contributed by atoms with E-state index in [0.717, 1.165) is 5.56 Å². The molecule has 0 aromatic heterocycles. The number of aryl methyl sites for hydroxylation is 1. The van der Waals surface area contributed by atoms with Gasteiger partial charge in [0.1, 0.15) is 36.1 Å². The number of nitrogens with one attached hydrogen (secondary N) is 1. The molecule has 1 unspecified atom stereocenters. The number of esters is 1. The lowest BCUT2D eigenvalue weighted by molar-refractivity contribution is -0.167. The van der Waals surface area contributed by atoms with Gasteiger partial charge in [0, 0.05) is 23.6 Å². The molecule has 0 saturated carbocycles. The summed E-state index contributed by atoms with van der Waals surface area (Å²) in [7, 11) is 0. The third-order valence-corrected chi connectivity index (χ3v) is 6.44. The van der Waals surface area contributed by atoms with Crippen molar-refractivity contribution in [2.45, 2.75) is 58.6 Å². The fourth-order valence-electron chi connectivity index (χ4n) is 4.76. The highest BCUT2D eigenvalue weighted by Gasteiger charge is 2.56. The number of benzene rings is 2. The summed E-state index contributed by atoms with van der Waals surface area (Å²) in [5.41, 5.74) is -0.574. The minimum absolute atomic E-state index is 0.0974.